The van der Waals surface area contributed by atoms with Gasteiger partial charge in [-0.1, -0.05) is 150 Å². The van der Waals surface area contributed by atoms with Crippen molar-refractivity contribution in [2.75, 3.05) is 0 Å². The van der Waals surface area contributed by atoms with Crippen molar-refractivity contribution in [3.63, 3.8) is 0 Å². The molecule has 12 aromatic rings. The second-order valence-electron chi connectivity index (χ2n) is 16.9. The predicted octanol–water partition coefficient (Wildman–Crippen LogP) is 14.6. The standard InChI is InChI=1S/C63H40N7.Ir/c1-4-17-44(18-5-1)45-31-33-46(34-32-45)47-19-16-20-48(37-47)61-36-35-49(41-64-61)55-25-10-11-26-56(55)50-38-51(57-27-12-14-29-59(57)62-42-69(67-65-62)53-21-6-2-7-22-53)40-52(39-50)58-28-13-15-30-60(58)63-43-70(68-66-63)54-23-8-3-9-24-54;/h1-19,21,23,25-43H;/q-3;+3. The SMILES string of the molecule is [Ir+3].[c-]1ccc(-c2ccc(-c3ccccc3)cc2)cc1-c1ccc(-c2ccccc2-c2cc(-c3ccccc3-c3cn(-c4[c-]cccc4)nn3)cc(-c3ccccc3-c3cn(-c4[c-]cccc4)nn3)c2)cn1. The van der Waals surface area contributed by atoms with Gasteiger partial charge in [-0.05, 0) is 96.5 Å². The third-order valence-corrected chi connectivity index (χ3v) is 12.5. The van der Waals surface area contributed by atoms with E-state index in [0.29, 0.717) is 0 Å². The third kappa shape index (κ3) is 9.21. The Labute approximate surface area is 425 Å². The molecule has 0 saturated carbocycles. The summed E-state index contributed by atoms with van der Waals surface area (Å²) in [5.41, 5.74) is 19.8. The van der Waals surface area contributed by atoms with Gasteiger partial charge >= 0.3 is 20.1 Å². The molecule has 0 aliphatic rings. The second kappa shape index (κ2) is 20.0. The molecule has 0 bridgehead atoms. The Morgan fingerprint density at radius 2 is 0.746 bits per heavy atom. The summed E-state index contributed by atoms with van der Waals surface area (Å²) >= 11 is 0. The third-order valence-electron chi connectivity index (χ3n) is 12.5. The summed E-state index contributed by atoms with van der Waals surface area (Å²) < 4.78 is 3.53. The van der Waals surface area contributed by atoms with E-state index < -0.39 is 0 Å². The maximum Gasteiger partial charge on any atom is 3.00 e. The van der Waals surface area contributed by atoms with Crippen LogP contribution in [0.1, 0.15) is 0 Å². The van der Waals surface area contributed by atoms with Crippen LogP contribution in [-0.2, 0) is 20.1 Å². The average Bonchev–Trinajstić information content (AvgIpc) is 4.16. The summed E-state index contributed by atoms with van der Waals surface area (Å²) in [5, 5.41) is 18.4. The Bertz CT molecular complexity index is 3620. The fraction of sp³-hybridized carbons (Fsp3) is 0. The van der Waals surface area contributed by atoms with Crippen LogP contribution in [0.5, 0.6) is 0 Å². The van der Waals surface area contributed by atoms with Crippen LogP contribution in [0.15, 0.2) is 243 Å². The number of aromatic nitrogens is 7. The number of benzene rings is 9. The first kappa shape index (κ1) is 44.6. The van der Waals surface area contributed by atoms with Crippen molar-refractivity contribution in [3.05, 3.63) is 261 Å². The van der Waals surface area contributed by atoms with E-state index >= 15 is 0 Å². The van der Waals surface area contributed by atoms with Crippen LogP contribution in [0.4, 0.5) is 0 Å². The molecule has 3 heterocycles. The van der Waals surface area contributed by atoms with Gasteiger partial charge in [0.1, 0.15) is 11.4 Å². The number of nitrogens with zero attached hydrogens (tertiary/aromatic N) is 7. The van der Waals surface area contributed by atoms with Crippen molar-refractivity contribution in [3.8, 4) is 112 Å². The molecule has 0 fully saturated rings. The fourth-order valence-corrected chi connectivity index (χ4v) is 9.05. The molecular formula is C63H40IrN7. The summed E-state index contributed by atoms with van der Waals surface area (Å²) in [7, 11) is 0. The monoisotopic (exact) mass is 1090 g/mol. The van der Waals surface area contributed by atoms with Gasteiger partial charge in [-0.15, -0.1) is 57.7 Å². The molecule has 0 aliphatic carbocycles. The first-order valence-corrected chi connectivity index (χ1v) is 23.1. The van der Waals surface area contributed by atoms with E-state index in [4.69, 9.17) is 4.98 Å². The van der Waals surface area contributed by atoms with Gasteiger partial charge in [0, 0.05) is 17.3 Å². The summed E-state index contributed by atoms with van der Waals surface area (Å²) in [6, 6.07) is 87.3. The molecule has 0 spiro atoms. The minimum atomic E-state index is 0. The second-order valence-corrected chi connectivity index (χ2v) is 16.9. The van der Waals surface area contributed by atoms with E-state index in [1.54, 1.807) is 9.36 Å². The average molecular weight is 1090 g/mol. The van der Waals surface area contributed by atoms with Crippen molar-refractivity contribution in [2.45, 2.75) is 0 Å². The quantitative estimate of drug-likeness (QED) is 0.121. The Morgan fingerprint density at radius 1 is 0.310 bits per heavy atom. The molecule has 0 N–H and O–H groups in total. The fourth-order valence-electron chi connectivity index (χ4n) is 9.05. The maximum atomic E-state index is 5.05. The van der Waals surface area contributed by atoms with Crippen molar-refractivity contribution in [2.24, 2.45) is 0 Å². The van der Waals surface area contributed by atoms with Crippen LogP contribution < -0.4 is 0 Å². The molecule has 336 valence electrons. The minimum absolute atomic E-state index is 0. The summed E-state index contributed by atoms with van der Waals surface area (Å²) in [4.78, 5) is 5.05. The zero-order chi connectivity index (χ0) is 46.6. The molecule has 0 unspecified atom stereocenters. The summed E-state index contributed by atoms with van der Waals surface area (Å²) in [6.45, 7) is 0. The van der Waals surface area contributed by atoms with Crippen LogP contribution in [0.3, 0.4) is 0 Å². The molecular weight excluding hydrogens is 1050 g/mol. The Kier molecular flexibility index (Phi) is 12.5. The van der Waals surface area contributed by atoms with Gasteiger partial charge in [-0.2, -0.15) is 48.5 Å². The molecule has 3 aromatic heterocycles. The molecule has 0 radical (unpaired) electrons. The van der Waals surface area contributed by atoms with E-state index in [2.05, 4.69) is 190 Å². The molecule has 0 atom stereocenters. The molecule has 12 rings (SSSR count). The zero-order valence-corrected chi connectivity index (χ0v) is 40.5. The minimum Gasteiger partial charge on any atom is -0.304 e. The van der Waals surface area contributed by atoms with Gasteiger partial charge in [-0.3, -0.25) is 0 Å². The van der Waals surface area contributed by atoms with Crippen LogP contribution in [0.2, 0.25) is 0 Å². The predicted molar refractivity (Wildman–Crippen MR) is 280 cm³/mol. The maximum absolute atomic E-state index is 5.05. The van der Waals surface area contributed by atoms with Gasteiger partial charge in [0.2, 0.25) is 0 Å². The van der Waals surface area contributed by atoms with E-state index in [1.165, 1.54) is 11.1 Å². The van der Waals surface area contributed by atoms with E-state index in [-0.39, 0.29) is 20.1 Å². The van der Waals surface area contributed by atoms with Gasteiger partial charge in [0.25, 0.3) is 0 Å². The Balaban J connectivity index is 0.00000547. The van der Waals surface area contributed by atoms with Crippen molar-refractivity contribution in [1.29, 1.82) is 0 Å². The number of hydrogen-bond acceptors (Lipinski definition) is 5. The van der Waals surface area contributed by atoms with Gasteiger partial charge in [0.05, 0.1) is 12.4 Å². The van der Waals surface area contributed by atoms with Crippen molar-refractivity contribution < 1.29 is 20.1 Å². The molecule has 7 nitrogen and oxygen atoms in total. The first-order valence-electron chi connectivity index (χ1n) is 23.1. The van der Waals surface area contributed by atoms with Gasteiger partial charge in [0.15, 0.2) is 0 Å². The Hall–Kier alpha value is -8.94. The molecule has 9 aromatic carbocycles. The summed E-state index contributed by atoms with van der Waals surface area (Å²) in [6.07, 6.45) is 5.89. The van der Waals surface area contributed by atoms with Crippen molar-refractivity contribution >= 4 is 0 Å². The zero-order valence-electron chi connectivity index (χ0n) is 38.1. The topological polar surface area (TPSA) is 74.3 Å². The molecule has 71 heavy (non-hydrogen) atoms. The molecule has 0 amide bonds. The largest absolute Gasteiger partial charge is 3.00 e. The number of hydrogen-bond donors (Lipinski definition) is 0. The number of para-hydroxylation sites is 2. The normalized spacial score (nSPS) is 11.0. The van der Waals surface area contributed by atoms with Gasteiger partial charge in [-0.25, -0.2) is 9.36 Å². The van der Waals surface area contributed by atoms with Crippen LogP contribution in [0, 0.1) is 18.2 Å². The molecule has 0 aliphatic heterocycles. The molecule has 8 heteroatoms. The van der Waals surface area contributed by atoms with Crippen LogP contribution in [-0.4, -0.2) is 35.0 Å². The van der Waals surface area contributed by atoms with Crippen molar-refractivity contribution in [1.82, 2.24) is 35.0 Å². The van der Waals surface area contributed by atoms with E-state index in [0.717, 1.165) is 101 Å². The van der Waals surface area contributed by atoms with E-state index in [9.17, 15) is 0 Å². The smallest absolute Gasteiger partial charge is 0.304 e. The Morgan fingerprint density at radius 3 is 1.24 bits per heavy atom. The van der Waals surface area contributed by atoms with Crippen LogP contribution in [0.25, 0.3) is 112 Å². The summed E-state index contributed by atoms with van der Waals surface area (Å²) in [5.74, 6) is 0. The molecule has 0 saturated heterocycles. The van der Waals surface area contributed by atoms with Crippen LogP contribution >= 0.6 is 0 Å². The van der Waals surface area contributed by atoms with Gasteiger partial charge < -0.3 is 4.98 Å². The number of pyridine rings is 1. The van der Waals surface area contributed by atoms with E-state index in [1.807, 2.05) is 91.4 Å². The number of rotatable bonds is 11. The first-order chi connectivity index (χ1) is 34.7.